The van der Waals surface area contributed by atoms with Crippen molar-refractivity contribution in [3.05, 3.63) is 0 Å². The Morgan fingerprint density at radius 2 is 1.69 bits per heavy atom. The summed E-state index contributed by atoms with van der Waals surface area (Å²) in [5.41, 5.74) is 0. The van der Waals surface area contributed by atoms with Crippen LogP contribution in [0.15, 0.2) is 0 Å². The first-order chi connectivity index (χ1) is 6.13. The molecule has 0 saturated carbocycles. The molecule has 0 amide bonds. The van der Waals surface area contributed by atoms with E-state index in [4.69, 9.17) is 2.85 Å². The molecule has 0 aromatic rings. The van der Waals surface area contributed by atoms with Gasteiger partial charge in [-0.25, -0.2) is 0 Å². The normalized spacial score (nSPS) is 13.4. The number of nitrogens with zero attached hydrogens (tertiary/aromatic N) is 1. The van der Waals surface area contributed by atoms with Gasteiger partial charge >= 0.3 is 91.9 Å². The molecule has 0 aliphatic carbocycles. The molecule has 0 aliphatic rings. The quantitative estimate of drug-likeness (QED) is 0.713. The van der Waals surface area contributed by atoms with Crippen molar-refractivity contribution < 1.29 is 2.85 Å². The summed E-state index contributed by atoms with van der Waals surface area (Å²) >= 11 is -1.47. The molecule has 3 heteroatoms. The second-order valence-electron chi connectivity index (χ2n) is 3.70. The third-order valence-electron chi connectivity index (χ3n) is 2.28. The van der Waals surface area contributed by atoms with E-state index in [2.05, 4.69) is 35.0 Å². The van der Waals surface area contributed by atoms with E-state index in [0.717, 1.165) is 26.1 Å². The van der Waals surface area contributed by atoms with Crippen molar-refractivity contribution in [3.8, 4) is 0 Å². The van der Waals surface area contributed by atoms with Crippen LogP contribution < -0.4 is 0 Å². The van der Waals surface area contributed by atoms with Gasteiger partial charge in [0.25, 0.3) is 0 Å². The molecule has 0 bridgehead atoms. The molecule has 0 aliphatic heterocycles. The first-order valence-corrected chi connectivity index (χ1v) is 13.4. The van der Waals surface area contributed by atoms with Crippen LogP contribution >= 0.6 is 0 Å². The van der Waals surface area contributed by atoms with Gasteiger partial charge in [-0.1, -0.05) is 0 Å². The van der Waals surface area contributed by atoms with Gasteiger partial charge in [0.1, 0.15) is 0 Å². The Morgan fingerprint density at radius 3 is 2.00 bits per heavy atom. The number of hydrogen-bond acceptors (Lipinski definition) is 2. The van der Waals surface area contributed by atoms with E-state index in [9.17, 15) is 0 Å². The molecule has 78 valence electrons. The number of rotatable bonds is 7. The Balaban J connectivity index is 3.80. The standard InChI is InChI=1S/C8H18NO.2CH3.In/c1-4-8(10)7-9(5-2)6-3;;;/h8H,4-7H2,1-3H3;2*1H3;/q-1;;;+1. The maximum atomic E-state index is 6.00. The van der Waals surface area contributed by atoms with Crippen LogP contribution in [0, 0.1) is 0 Å². The van der Waals surface area contributed by atoms with Gasteiger partial charge in [0.15, 0.2) is 0 Å². The Kier molecular flexibility index (Phi) is 8.62. The fraction of sp³-hybridized carbons (Fsp3) is 1.00. The average Bonchev–Trinajstić information content (AvgIpc) is 2.11. The van der Waals surface area contributed by atoms with Crippen LogP contribution in [-0.2, 0) is 2.85 Å². The summed E-state index contributed by atoms with van der Waals surface area (Å²) in [5, 5.41) is 0. The minimum atomic E-state index is -1.47. The van der Waals surface area contributed by atoms with Crippen molar-refractivity contribution in [1.29, 1.82) is 0 Å². The predicted molar refractivity (Wildman–Crippen MR) is 60.4 cm³/mol. The maximum absolute atomic E-state index is 6.00. The van der Waals surface area contributed by atoms with Crippen LogP contribution in [0.1, 0.15) is 27.2 Å². The van der Waals surface area contributed by atoms with E-state index in [-0.39, 0.29) is 0 Å². The summed E-state index contributed by atoms with van der Waals surface area (Å²) in [6, 6.07) is 0. The van der Waals surface area contributed by atoms with E-state index < -0.39 is 21.9 Å². The van der Waals surface area contributed by atoms with Gasteiger partial charge in [-0.05, 0) is 0 Å². The van der Waals surface area contributed by atoms with Gasteiger partial charge in [-0.15, -0.1) is 0 Å². The molecule has 0 N–H and O–H groups in total. The summed E-state index contributed by atoms with van der Waals surface area (Å²) in [6.07, 6.45) is 1.65. The van der Waals surface area contributed by atoms with Crippen molar-refractivity contribution in [3.63, 3.8) is 0 Å². The summed E-state index contributed by atoms with van der Waals surface area (Å²) in [5.74, 6) is 0. The molecule has 0 saturated heterocycles. The van der Waals surface area contributed by atoms with Crippen LogP contribution in [0.4, 0.5) is 0 Å². The Morgan fingerprint density at radius 1 is 1.15 bits per heavy atom. The molecule has 1 atom stereocenters. The summed E-state index contributed by atoms with van der Waals surface area (Å²) in [7, 11) is 0. The summed E-state index contributed by atoms with van der Waals surface area (Å²) < 4.78 is 10.6. The number of likely N-dealkylation sites (N-methyl/N-ethyl adjacent to an activating group) is 1. The van der Waals surface area contributed by atoms with Crippen molar-refractivity contribution in [2.75, 3.05) is 19.6 Å². The van der Waals surface area contributed by atoms with E-state index in [1.54, 1.807) is 0 Å². The molecule has 0 fully saturated rings. The SMILES string of the molecule is CCC(CN(CC)CC)[O][In]([CH3])[CH3]. The Labute approximate surface area is 91.8 Å². The van der Waals surface area contributed by atoms with Crippen LogP contribution in [0.5, 0.6) is 0 Å². The van der Waals surface area contributed by atoms with E-state index in [0.29, 0.717) is 6.10 Å². The second-order valence-corrected chi connectivity index (χ2v) is 10.5. The number of hydrogen-bond donors (Lipinski definition) is 0. The molecular formula is C10H24InNO. The third-order valence-corrected chi connectivity index (χ3v) is 4.93. The first-order valence-electron chi connectivity index (χ1n) is 5.51. The molecule has 0 aromatic heterocycles. The monoisotopic (exact) mass is 289 g/mol. The van der Waals surface area contributed by atoms with Crippen molar-refractivity contribution in [1.82, 2.24) is 4.90 Å². The van der Waals surface area contributed by atoms with Gasteiger partial charge in [0, 0.05) is 0 Å². The van der Waals surface area contributed by atoms with Gasteiger partial charge in [-0.2, -0.15) is 0 Å². The molecule has 0 radical (unpaired) electrons. The third kappa shape index (κ3) is 6.81. The zero-order chi connectivity index (χ0) is 10.3. The van der Waals surface area contributed by atoms with Gasteiger partial charge in [0.05, 0.1) is 0 Å². The van der Waals surface area contributed by atoms with Gasteiger partial charge in [-0.3, -0.25) is 0 Å². The Hall–Kier alpha value is 0.790. The molecule has 0 aromatic carbocycles. The van der Waals surface area contributed by atoms with Crippen LogP contribution in [0.25, 0.3) is 0 Å². The van der Waals surface area contributed by atoms with E-state index in [1.807, 2.05) is 0 Å². The predicted octanol–water partition coefficient (Wildman–Crippen LogP) is 2.37. The fourth-order valence-electron chi connectivity index (χ4n) is 1.42. The molecule has 1 unspecified atom stereocenters. The fourth-order valence-corrected chi connectivity index (χ4v) is 4.42. The van der Waals surface area contributed by atoms with Crippen molar-refractivity contribution in [2.24, 2.45) is 0 Å². The van der Waals surface area contributed by atoms with Crippen LogP contribution in [0.2, 0.25) is 9.36 Å². The zero-order valence-electron chi connectivity index (χ0n) is 9.84. The average molecular weight is 289 g/mol. The molecule has 0 heterocycles. The van der Waals surface area contributed by atoms with Gasteiger partial charge < -0.3 is 0 Å². The topological polar surface area (TPSA) is 12.5 Å². The molecular weight excluding hydrogens is 265 g/mol. The molecule has 0 rings (SSSR count). The van der Waals surface area contributed by atoms with Crippen LogP contribution in [0.3, 0.4) is 0 Å². The van der Waals surface area contributed by atoms with Crippen molar-refractivity contribution in [2.45, 2.75) is 42.7 Å². The second kappa shape index (κ2) is 8.13. The van der Waals surface area contributed by atoms with Crippen molar-refractivity contribution >= 4 is 21.9 Å². The summed E-state index contributed by atoms with van der Waals surface area (Å²) in [4.78, 5) is 2.45. The van der Waals surface area contributed by atoms with E-state index in [1.165, 1.54) is 0 Å². The molecule has 2 nitrogen and oxygen atoms in total. The van der Waals surface area contributed by atoms with Gasteiger partial charge in [0.2, 0.25) is 0 Å². The molecule has 13 heavy (non-hydrogen) atoms. The Bertz CT molecular complexity index is 115. The zero-order valence-corrected chi connectivity index (χ0v) is 13.1. The van der Waals surface area contributed by atoms with Crippen LogP contribution in [-0.4, -0.2) is 52.5 Å². The van der Waals surface area contributed by atoms with E-state index >= 15 is 0 Å². The summed E-state index contributed by atoms with van der Waals surface area (Å²) in [6.45, 7) is 10.1. The minimum absolute atomic E-state index is 0.496. The molecule has 0 spiro atoms. The first kappa shape index (κ1) is 13.8.